The van der Waals surface area contributed by atoms with Gasteiger partial charge in [0.2, 0.25) is 0 Å². The summed E-state index contributed by atoms with van der Waals surface area (Å²) in [5.41, 5.74) is 0.647. The summed E-state index contributed by atoms with van der Waals surface area (Å²) in [6, 6.07) is 5.88. The Hall–Kier alpha value is -1.31. The molecule has 2 heterocycles. The number of nitrogens with zero attached hydrogens (tertiary/aromatic N) is 2. The Kier molecular flexibility index (Phi) is 7.16. The molecule has 7 heteroatoms. The van der Waals surface area contributed by atoms with Crippen molar-refractivity contribution in [3.05, 3.63) is 30.1 Å². The Morgan fingerprint density at radius 1 is 1.48 bits per heavy atom. The molecule has 0 aromatic carbocycles. The maximum atomic E-state index is 12.6. The molecule has 3 atom stereocenters. The van der Waals surface area contributed by atoms with Crippen molar-refractivity contribution in [2.45, 2.75) is 76.6 Å². The molecule has 0 aliphatic carbocycles. The van der Waals surface area contributed by atoms with E-state index in [4.69, 9.17) is 0 Å². The quantitative estimate of drug-likeness (QED) is 0.689. The van der Waals surface area contributed by atoms with Gasteiger partial charge in [-0.1, -0.05) is 6.07 Å². The highest BCUT2D eigenvalue weighted by Crippen LogP contribution is 2.35. The van der Waals surface area contributed by atoms with Crippen LogP contribution in [0.4, 0.5) is 4.79 Å². The molecule has 2 unspecified atom stereocenters. The molecular weight excluding hydrogens is 362 g/mol. The largest absolute Gasteiger partial charge is 0.598 e. The number of hydrogen-bond acceptors (Lipinski definition) is 4. The molecule has 2 N–H and O–H groups in total. The lowest BCUT2D eigenvalue weighted by Gasteiger charge is -2.28. The second-order valence-corrected chi connectivity index (χ2v) is 11.1. The average Bonchev–Trinajstić information content (AvgIpc) is 2.87. The Bertz CT molecular complexity index is 619. The second-order valence-electron chi connectivity index (χ2n) is 9.07. The fourth-order valence-corrected chi connectivity index (χ4v) is 4.51. The van der Waals surface area contributed by atoms with Crippen LogP contribution in [0.25, 0.3) is 0 Å². The summed E-state index contributed by atoms with van der Waals surface area (Å²) in [7, 11) is 0. The molecular formula is C20H33N3O3S. The first kappa shape index (κ1) is 22.0. The van der Waals surface area contributed by atoms with Gasteiger partial charge >= 0.3 is 6.09 Å². The molecule has 1 aliphatic heterocycles. The first-order valence-electron chi connectivity index (χ1n) is 9.57. The van der Waals surface area contributed by atoms with Crippen molar-refractivity contribution in [1.82, 2.24) is 14.6 Å². The molecule has 27 heavy (non-hydrogen) atoms. The normalized spacial score (nSPS) is 21.9. The van der Waals surface area contributed by atoms with Crippen molar-refractivity contribution < 1.29 is 14.5 Å². The zero-order chi connectivity index (χ0) is 20.2. The van der Waals surface area contributed by atoms with Crippen LogP contribution in [0.1, 0.15) is 59.6 Å². The summed E-state index contributed by atoms with van der Waals surface area (Å²) < 4.78 is 15.6. The average molecular weight is 396 g/mol. The maximum Gasteiger partial charge on any atom is 0.407 e. The molecule has 0 bridgehead atoms. The van der Waals surface area contributed by atoms with Crippen LogP contribution in [0, 0.1) is 5.92 Å². The summed E-state index contributed by atoms with van der Waals surface area (Å²) >= 11 is -1.16. The van der Waals surface area contributed by atoms with E-state index in [2.05, 4.69) is 9.71 Å². The standard InChI is InChI=1S/C20H33N3O3S/c1-19(2,3)27(26)22-17(12-16-8-6-7-11-21-16)10-9-15-13-20(4,5)23(14-15)18(24)25/h6-8,11,15,17,22H,9-10,12-14H2,1-5H3,(H,24,25)/t15-,17?,27?/m0/s1. The van der Waals surface area contributed by atoms with E-state index in [1.165, 1.54) is 0 Å². The van der Waals surface area contributed by atoms with Crippen molar-refractivity contribution in [1.29, 1.82) is 0 Å². The molecule has 152 valence electrons. The van der Waals surface area contributed by atoms with E-state index < -0.39 is 17.5 Å². The highest BCUT2D eigenvalue weighted by Gasteiger charge is 2.41. The zero-order valence-electron chi connectivity index (χ0n) is 17.1. The number of carbonyl (C=O) groups is 1. The van der Waals surface area contributed by atoms with Crippen LogP contribution < -0.4 is 4.72 Å². The molecule has 2 rings (SSSR count). The van der Waals surface area contributed by atoms with Crippen LogP contribution in [-0.4, -0.2) is 48.5 Å². The Balaban J connectivity index is 2.00. The maximum absolute atomic E-state index is 12.6. The Morgan fingerprint density at radius 2 is 2.19 bits per heavy atom. The van der Waals surface area contributed by atoms with Crippen LogP contribution >= 0.6 is 0 Å². The van der Waals surface area contributed by atoms with E-state index in [1.54, 1.807) is 11.1 Å². The van der Waals surface area contributed by atoms with E-state index >= 15 is 0 Å². The van der Waals surface area contributed by atoms with Gasteiger partial charge in [0, 0.05) is 41.8 Å². The van der Waals surface area contributed by atoms with Crippen LogP contribution in [0.15, 0.2) is 24.4 Å². The summed E-state index contributed by atoms with van der Waals surface area (Å²) in [5.74, 6) is 0.326. The van der Waals surface area contributed by atoms with Gasteiger partial charge in [-0.15, -0.1) is 4.72 Å². The summed E-state index contributed by atoms with van der Waals surface area (Å²) in [6.07, 6.45) is 4.24. The molecule has 1 saturated heterocycles. The molecule has 0 spiro atoms. The molecule has 1 fully saturated rings. The number of amides is 1. The van der Waals surface area contributed by atoms with Crippen LogP contribution in [0.2, 0.25) is 0 Å². The Labute approximate surface area is 166 Å². The van der Waals surface area contributed by atoms with Crippen molar-refractivity contribution in [3.63, 3.8) is 0 Å². The lowest BCUT2D eigenvalue weighted by atomic mass is 9.91. The fourth-order valence-electron chi connectivity index (χ4n) is 3.66. The first-order chi connectivity index (χ1) is 12.5. The SMILES string of the molecule is CC1(C)C[C@H](CCC(Cc2ccccn2)N[S+]([O-])C(C)(C)C)CN1C(=O)O. The monoisotopic (exact) mass is 395 g/mol. The molecule has 1 amide bonds. The number of pyridine rings is 1. The molecule has 0 saturated carbocycles. The van der Waals surface area contributed by atoms with Gasteiger partial charge in [-0.3, -0.25) is 4.98 Å². The molecule has 6 nitrogen and oxygen atoms in total. The van der Waals surface area contributed by atoms with Gasteiger partial charge in [0.1, 0.15) is 4.75 Å². The summed E-state index contributed by atoms with van der Waals surface area (Å²) in [6.45, 7) is 10.4. The van der Waals surface area contributed by atoms with Crippen molar-refractivity contribution in [2.24, 2.45) is 5.92 Å². The predicted octanol–water partition coefficient (Wildman–Crippen LogP) is 3.60. The van der Waals surface area contributed by atoms with Crippen LogP contribution in [-0.2, 0) is 17.8 Å². The third-order valence-corrected chi connectivity index (χ3v) is 6.79. The fraction of sp³-hybridized carbons (Fsp3) is 0.700. The topological polar surface area (TPSA) is 88.5 Å². The number of rotatable bonds is 7. The summed E-state index contributed by atoms with van der Waals surface area (Å²) in [5, 5.41) is 9.41. The van der Waals surface area contributed by atoms with Crippen molar-refractivity contribution in [3.8, 4) is 0 Å². The lowest BCUT2D eigenvalue weighted by molar-refractivity contribution is 0.117. The highest BCUT2D eigenvalue weighted by atomic mass is 32.2. The smallest absolute Gasteiger partial charge is 0.407 e. The third-order valence-electron chi connectivity index (χ3n) is 5.13. The van der Waals surface area contributed by atoms with Gasteiger partial charge in [0.25, 0.3) is 0 Å². The number of nitrogens with one attached hydrogen (secondary N) is 1. The Morgan fingerprint density at radius 3 is 2.70 bits per heavy atom. The van der Waals surface area contributed by atoms with E-state index in [9.17, 15) is 14.5 Å². The minimum absolute atomic E-state index is 0.0435. The minimum atomic E-state index is -1.16. The van der Waals surface area contributed by atoms with E-state index in [0.717, 1.165) is 25.0 Å². The predicted molar refractivity (Wildman–Crippen MR) is 109 cm³/mol. The van der Waals surface area contributed by atoms with Gasteiger partial charge in [0.05, 0.1) is 6.04 Å². The first-order valence-corrected chi connectivity index (χ1v) is 10.7. The number of aromatic nitrogens is 1. The number of carboxylic acid groups (broad SMARTS) is 1. The number of hydrogen-bond donors (Lipinski definition) is 2. The molecule has 0 radical (unpaired) electrons. The van der Waals surface area contributed by atoms with E-state index in [0.29, 0.717) is 18.9 Å². The summed E-state index contributed by atoms with van der Waals surface area (Å²) in [4.78, 5) is 17.4. The third kappa shape index (κ3) is 6.36. The van der Waals surface area contributed by atoms with Crippen LogP contribution in [0.5, 0.6) is 0 Å². The van der Waals surface area contributed by atoms with Gasteiger partial charge in [-0.2, -0.15) is 0 Å². The van der Waals surface area contributed by atoms with E-state index in [-0.39, 0.29) is 16.3 Å². The molecule has 1 aromatic heterocycles. The zero-order valence-corrected chi connectivity index (χ0v) is 17.9. The molecule has 1 aliphatic rings. The van der Waals surface area contributed by atoms with E-state index in [1.807, 2.05) is 52.8 Å². The highest BCUT2D eigenvalue weighted by molar-refractivity contribution is 7.90. The van der Waals surface area contributed by atoms with Crippen molar-refractivity contribution in [2.75, 3.05) is 6.54 Å². The second kappa shape index (κ2) is 8.80. The lowest BCUT2D eigenvalue weighted by Crippen LogP contribution is -2.45. The number of likely N-dealkylation sites (tertiary alicyclic amines) is 1. The van der Waals surface area contributed by atoms with Crippen LogP contribution in [0.3, 0.4) is 0 Å². The van der Waals surface area contributed by atoms with Crippen molar-refractivity contribution >= 4 is 17.5 Å². The van der Waals surface area contributed by atoms with Gasteiger partial charge in [-0.05, 0) is 71.9 Å². The minimum Gasteiger partial charge on any atom is -0.598 e. The molecule has 1 aromatic rings. The van der Waals surface area contributed by atoms with Gasteiger partial charge in [-0.25, -0.2) is 4.79 Å². The van der Waals surface area contributed by atoms with Gasteiger partial charge < -0.3 is 14.6 Å². The van der Waals surface area contributed by atoms with Gasteiger partial charge in [0.15, 0.2) is 0 Å².